The van der Waals surface area contributed by atoms with E-state index in [2.05, 4.69) is 9.50 Å². The van der Waals surface area contributed by atoms with Gasteiger partial charge in [0.2, 0.25) is 5.91 Å². The van der Waals surface area contributed by atoms with E-state index in [9.17, 15) is 13.2 Å². The second-order valence-corrected chi connectivity index (χ2v) is 3.34. The summed E-state index contributed by atoms with van der Waals surface area (Å²) in [6, 6.07) is 0. The predicted octanol–water partition coefficient (Wildman–Crippen LogP) is -0.944. The van der Waals surface area contributed by atoms with Crippen LogP contribution in [0.2, 0.25) is 0 Å². The molecule has 0 saturated carbocycles. The number of carbonyl (C=O) groups is 1. The average molecular weight is 167 g/mol. The zero-order chi connectivity index (χ0) is 8.20. The minimum atomic E-state index is -3.43. The van der Waals surface area contributed by atoms with E-state index in [0.717, 1.165) is 6.26 Å². The predicted molar refractivity (Wildman–Crippen MR) is 34.6 cm³/mol. The van der Waals surface area contributed by atoms with Gasteiger partial charge in [0.05, 0.1) is 6.26 Å². The van der Waals surface area contributed by atoms with Crippen molar-refractivity contribution in [2.45, 2.75) is 6.92 Å². The van der Waals surface area contributed by atoms with Crippen LogP contribution in [-0.4, -0.2) is 27.3 Å². The van der Waals surface area contributed by atoms with Crippen LogP contribution in [0.1, 0.15) is 6.92 Å². The zero-order valence-electron chi connectivity index (χ0n) is 5.75. The van der Waals surface area contributed by atoms with Crippen LogP contribution in [0.4, 0.5) is 0 Å². The van der Waals surface area contributed by atoms with Gasteiger partial charge >= 0.3 is 0 Å². The minimum Gasteiger partial charge on any atom is -0.332 e. The van der Waals surface area contributed by atoms with Gasteiger partial charge in [0.1, 0.15) is 6.73 Å². The molecule has 0 bridgehead atoms. The second-order valence-electron chi connectivity index (χ2n) is 1.70. The fraction of sp³-hybridized carbons (Fsp3) is 0.750. The maximum atomic E-state index is 10.2. The summed E-state index contributed by atoms with van der Waals surface area (Å²) in [7, 11) is -3.43. The molecule has 10 heavy (non-hydrogen) atoms. The highest BCUT2D eigenvalue weighted by Gasteiger charge is 1.99. The minimum absolute atomic E-state index is 0.297. The molecule has 60 valence electrons. The standard InChI is InChI=1S/C4H9NO4S/c1-4(6)5-3-9-10(2,7)8/h3H2,1-2H3,(H,5,6). The van der Waals surface area contributed by atoms with Gasteiger partial charge in [-0.15, -0.1) is 0 Å². The maximum absolute atomic E-state index is 10.2. The third-order valence-electron chi connectivity index (χ3n) is 0.594. The molecule has 0 fully saturated rings. The molecule has 6 heteroatoms. The second kappa shape index (κ2) is 3.52. The summed E-state index contributed by atoms with van der Waals surface area (Å²) >= 11 is 0. The van der Waals surface area contributed by atoms with E-state index in [4.69, 9.17) is 0 Å². The maximum Gasteiger partial charge on any atom is 0.266 e. The molecule has 0 aliphatic heterocycles. The van der Waals surface area contributed by atoms with E-state index in [1.54, 1.807) is 0 Å². The molecule has 0 unspecified atom stereocenters. The molecule has 0 aromatic carbocycles. The molecule has 0 aromatic heterocycles. The van der Waals surface area contributed by atoms with Gasteiger partial charge in [0.15, 0.2) is 0 Å². The average Bonchev–Trinajstić information content (AvgIpc) is 1.59. The van der Waals surface area contributed by atoms with Gasteiger partial charge in [-0.3, -0.25) is 4.79 Å². The Labute approximate surface area is 59.5 Å². The first-order chi connectivity index (χ1) is 4.42. The van der Waals surface area contributed by atoms with Crippen molar-refractivity contribution < 1.29 is 17.4 Å². The summed E-state index contributed by atoms with van der Waals surface area (Å²) in [5, 5.41) is 2.16. The van der Waals surface area contributed by atoms with Crippen molar-refractivity contribution in [3.05, 3.63) is 0 Å². The van der Waals surface area contributed by atoms with Gasteiger partial charge in [0, 0.05) is 6.92 Å². The topological polar surface area (TPSA) is 72.5 Å². The first-order valence-corrected chi connectivity index (χ1v) is 4.32. The molecule has 5 nitrogen and oxygen atoms in total. The van der Waals surface area contributed by atoms with Crippen LogP contribution in [0.3, 0.4) is 0 Å². The summed E-state index contributed by atoms with van der Waals surface area (Å²) < 4.78 is 24.7. The molecular weight excluding hydrogens is 158 g/mol. The number of rotatable bonds is 3. The monoisotopic (exact) mass is 167 g/mol. The number of carbonyl (C=O) groups excluding carboxylic acids is 1. The van der Waals surface area contributed by atoms with Gasteiger partial charge < -0.3 is 5.32 Å². The number of hydrogen-bond acceptors (Lipinski definition) is 4. The Hall–Kier alpha value is -0.620. The normalized spacial score (nSPS) is 11.0. The molecule has 0 radical (unpaired) electrons. The van der Waals surface area contributed by atoms with Crippen molar-refractivity contribution in [1.29, 1.82) is 0 Å². The van der Waals surface area contributed by atoms with Crippen LogP contribution in [0, 0.1) is 0 Å². The van der Waals surface area contributed by atoms with Gasteiger partial charge in [-0.1, -0.05) is 0 Å². The van der Waals surface area contributed by atoms with E-state index in [1.165, 1.54) is 6.92 Å². The first-order valence-electron chi connectivity index (χ1n) is 2.50. The number of nitrogens with one attached hydrogen (secondary N) is 1. The van der Waals surface area contributed by atoms with Crippen LogP contribution in [0.25, 0.3) is 0 Å². The summed E-state index contributed by atoms with van der Waals surface area (Å²) in [5.74, 6) is -0.330. The Morgan fingerprint density at radius 3 is 2.40 bits per heavy atom. The smallest absolute Gasteiger partial charge is 0.266 e. The van der Waals surface area contributed by atoms with E-state index < -0.39 is 10.1 Å². The summed E-state index contributed by atoms with van der Waals surface area (Å²) in [6.07, 6.45) is 0.912. The van der Waals surface area contributed by atoms with Crippen LogP contribution < -0.4 is 5.32 Å². The first kappa shape index (κ1) is 9.38. The Kier molecular flexibility index (Phi) is 3.31. The molecule has 0 aliphatic rings. The Morgan fingerprint density at radius 1 is 1.60 bits per heavy atom. The number of hydrogen-bond donors (Lipinski definition) is 1. The van der Waals surface area contributed by atoms with Gasteiger partial charge in [-0.05, 0) is 0 Å². The lowest BCUT2D eigenvalue weighted by atomic mass is 10.7. The van der Waals surface area contributed by atoms with Gasteiger partial charge in [-0.25, -0.2) is 4.18 Å². The van der Waals surface area contributed by atoms with Crippen LogP contribution in [-0.2, 0) is 19.1 Å². The molecule has 0 saturated heterocycles. The Bertz CT molecular complexity index is 207. The highest BCUT2D eigenvalue weighted by atomic mass is 32.2. The zero-order valence-corrected chi connectivity index (χ0v) is 6.56. The molecule has 0 rings (SSSR count). The molecule has 0 aliphatic carbocycles. The highest BCUT2D eigenvalue weighted by molar-refractivity contribution is 7.85. The Balaban J connectivity index is 3.49. The molecule has 0 aromatic rings. The van der Waals surface area contributed by atoms with Gasteiger partial charge in [0.25, 0.3) is 10.1 Å². The molecule has 1 amide bonds. The molecule has 0 spiro atoms. The lowest BCUT2D eigenvalue weighted by Crippen LogP contribution is -2.24. The molecule has 0 atom stereocenters. The SMILES string of the molecule is CC(=O)NCOS(C)(=O)=O. The lowest BCUT2D eigenvalue weighted by Gasteiger charge is -1.99. The van der Waals surface area contributed by atoms with Crippen molar-refractivity contribution >= 4 is 16.0 Å². The summed E-state index contributed by atoms with van der Waals surface area (Å²) in [6.45, 7) is 0.972. The lowest BCUT2D eigenvalue weighted by molar-refractivity contribution is -0.119. The third-order valence-corrected chi connectivity index (χ3v) is 1.14. The third kappa shape index (κ3) is 7.38. The van der Waals surface area contributed by atoms with Crippen molar-refractivity contribution in [1.82, 2.24) is 5.32 Å². The van der Waals surface area contributed by atoms with Gasteiger partial charge in [-0.2, -0.15) is 8.42 Å². The largest absolute Gasteiger partial charge is 0.332 e. The van der Waals surface area contributed by atoms with E-state index >= 15 is 0 Å². The van der Waals surface area contributed by atoms with Crippen molar-refractivity contribution in [2.24, 2.45) is 0 Å². The Morgan fingerprint density at radius 2 is 2.10 bits per heavy atom. The number of amides is 1. The van der Waals surface area contributed by atoms with Crippen molar-refractivity contribution in [3.63, 3.8) is 0 Å². The van der Waals surface area contributed by atoms with Crippen molar-refractivity contribution in [2.75, 3.05) is 13.0 Å². The highest BCUT2D eigenvalue weighted by Crippen LogP contribution is 1.81. The quantitative estimate of drug-likeness (QED) is 0.435. The van der Waals surface area contributed by atoms with E-state index in [0.29, 0.717) is 0 Å². The van der Waals surface area contributed by atoms with Crippen LogP contribution >= 0.6 is 0 Å². The molecule has 1 N–H and O–H groups in total. The summed E-state index contributed by atoms with van der Waals surface area (Å²) in [5.41, 5.74) is 0. The fourth-order valence-corrected chi connectivity index (χ4v) is 0.511. The van der Waals surface area contributed by atoms with Crippen molar-refractivity contribution in [3.8, 4) is 0 Å². The van der Waals surface area contributed by atoms with E-state index in [1.807, 2.05) is 0 Å². The van der Waals surface area contributed by atoms with E-state index in [-0.39, 0.29) is 12.6 Å². The van der Waals surface area contributed by atoms with Crippen LogP contribution in [0.15, 0.2) is 0 Å². The molecule has 0 heterocycles. The molecular formula is C4H9NO4S. The van der Waals surface area contributed by atoms with Crippen LogP contribution in [0.5, 0.6) is 0 Å². The fourth-order valence-electron chi connectivity index (χ4n) is 0.238. The summed E-state index contributed by atoms with van der Waals surface area (Å²) in [4.78, 5) is 10.1.